The predicted octanol–water partition coefficient (Wildman–Crippen LogP) is 4.48. The van der Waals surface area contributed by atoms with Crippen LogP contribution in [0.3, 0.4) is 0 Å². The standard InChI is InChI=1S/C13H6BrF3N2/c14-9-2-1-8(15)5-12(9)19-13-10(16)3-7(6-18)4-11(13)17/h1-5,19H. The summed E-state index contributed by atoms with van der Waals surface area (Å²) in [6.45, 7) is 0. The van der Waals surface area contributed by atoms with Gasteiger partial charge in [-0.05, 0) is 46.3 Å². The Bertz CT molecular complexity index is 657. The minimum atomic E-state index is -0.923. The topological polar surface area (TPSA) is 35.8 Å². The molecule has 0 saturated carbocycles. The van der Waals surface area contributed by atoms with Crippen LogP contribution < -0.4 is 5.32 Å². The molecule has 0 aliphatic heterocycles. The second-order valence-electron chi connectivity index (χ2n) is 3.68. The second kappa shape index (κ2) is 5.33. The van der Waals surface area contributed by atoms with Gasteiger partial charge in [0.05, 0.1) is 17.3 Å². The summed E-state index contributed by atoms with van der Waals surface area (Å²) in [7, 11) is 0. The van der Waals surface area contributed by atoms with Crippen molar-refractivity contribution in [1.29, 1.82) is 5.26 Å². The fraction of sp³-hybridized carbons (Fsp3) is 0. The molecule has 0 bridgehead atoms. The summed E-state index contributed by atoms with van der Waals surface area (Å²) in [4.78, 5) is 0. The fourth-order valence-electron chi connectivity index (χ4n) is 1.49. The summed E-state index contributed by atoms with van der Waals surface area (Å²) in [5.74, 6) is -2.39. The van der Waals surface area contributed by atoms with E-state index in [0.29, 0.717) is 4.47 Å². The van der Waals surface area contributed by atoms with Crippen LogP contribution in [0, 0.1) is 28.8 Å². The van der Waals surface area contributed by atoms with Gasteiger partial charge in [-0.2, -0.15) is 5.26 Å². The lowest BCUT2D eigenvalue weighted by Crippen LogP contribution is -1.99. The number of hydrogen-bond donors (Lipinski definition) is 1. The van der Waals surface area contributed by atoms with Gasteiger partial charge in [-0.15, -0.1) is 0 Å². The highest BCUT2D eigenvalue weighted by Crippen LogP contribution is 2.29. The third-order valence-corrected chi connectivity index (χ3v) is 3.05. The van der Waals surface area contributed by atoms with Crippen molar-refractivity contribution in [3.63, 3.8) is 0 Å². The van der Waals surface area contributed by atoms with Crippen molar-refractivity contribution in [1.82, 2.24) is 0 Å². The molecule has 0 saturated heterocycles. The molecule has 1 N–H and O–H groups in total. The van der Waals surface area contributed by atoms with Crippen LogP contribution in [-0.4, -0.2) is 0 Å². The summed E-state index contributed by atoms with van der Waals surface area (Å²) >= 11 is 3.14. The molecule has 19 heavy (non-hydrogen) atoms. The van der Waals surface area contributed by atoms with Gasteiger partial charge in [-0.3, -0.25) is 0 Å². The lowest BCUT2D eigenvalue weighted by atomic mass is 10.2. The van der Waals surface area contributed by atoms with Gasteiger partial charge in [0, 0.05) is 4.47 Å². The number of nitrogens with zero attached hydrogens (tertiary/aromatic N) is 1. The Labute approximate surface area is 115 Å². The van der Waals surface area contributed by atoms with E-state index in [0.717, 1.165) is 18.2 Å². The Morgan fingerprint density at radius 3 is 2.26 bits per heavy atom. The zero-order valence-corrected chi connectivity index (χ0v) is 10.9. The summed E-state index contributed by atoms with van der Waals surface area (Å²) in [5.41, 5.74) is -0.383. The molecule has 2 aromatic rings. The lowest BCUT2D eigenvalue weighted by molar-refractivity contribution is 0.589. The van der Waals surface area contributed by atoms with Gasteiger partial charge in [-0.25, -0.2) is 13.2 Å². The summed E-state index contributed by atoms with van der Waals surface area (Å²) < 4.78 is 40.8. The Kier molecular flexibility index (Phi) is 3.76. The number of nitrogens with one attached hydrogen (secondary N) is 1. The molecule has 2 aromatic carbocycles. The van der Waals surface area contributed by atoms with Gasteiger partial charge < -0.3 is 5.32 Å². The van der Waals surface area contributed by atoms with Crippen LogP contribution >= 0.6 is 15.9 Å². The Hall–Kier alpha value is -2.00. The maximum absolute atomic E-state index is 13.7. The van der Waals surface area contributed by atoms with Gasteiger partial charge in [0.2, 0.25) is 0 Å². The highest BCUT2D eigenvalue weighted by molar-refractivity contribution is 9.10. The monoisotopic (exact) mass is 326 g/mol. The molecule has 0 unspecified atom stereocenters. The van der Waals surface area contributed by atoms with Crippen molar-refractivity contribution in [2.75, 3.05) is 5.32 Å². The van der Waals surface area contributed by atoms with Crippen molar-refractivity contribution in [2.24, 2.45) is 0 Å². The first-order valence-corrected chi connectivity index (χ1v) is 5.92. The van der Waals surface area contributed by atoms with E-state index in [9.17, 15) is 13.2 Å². The van der Waals surface area contributed by atoms with E-state index < -0.39 is 23.1 Å². The van der Waals surface area contributed by atoms with Gasteiger partial charge in [0.1, 0.15) is 11.5 Å². The Balaban J connectivity index is 2.44. The molecule has 0 fully saturated rings. The molecule has 0 spiro atoms. The van der Waals surface area contributed by atoms with Crippen LogP contribution in [-0.2, 0) is 0 Å². The smallest absolute Gasteiger partial charge is 0.150 e. The molecule has 0 aliphatic rings. The lowest BCUT2D eigenvalue weighted by Gasteiger charge is -2.11. The normalized spacial score (nSPS) is 10.1. The number of benzene rings is 2. The van der Waals surface area contributed by atoms with Crippen molar-refractivity contribution in [3.05, 3.63) is 57.8 Å². The molecule has 6 heteroatoms. The van der Waals surface area contributed by atoms with E-state index >= 15 is 0 Å². The average molecular weight is 327 g/mol. The van der Waals surface area contributed by atoms with Crippen LogP contribution in [0.1, 0.15) is 5.56 Å². The maximum Gasteiger partial charge on any atom is 0.150 e. The molecule has 2 nitrogen and oxygen atoms in total. The van der Waals surface area contributed by atoms with E-state index in [2.05, 4.69) is 21.2 Å². The van der Waals surface area contributed by atoms with Crippen molar-refractivity contribution in [3.8, 4) is 6.07 Å². The first-order chi connectivity index (χ1) is 9.01. The van der Waals surface area contributed by atoms with Crippen LogP contribution in [0.4, 0.5) is 24.5 Å². The molecular weight excluding hydrogens is 321 g/mol. The quantitative estimate of drug-likeness (QED) is 0.883. The predicted molar refractivity (Wildman–Crippen MR) is 68.5 cm³/mol. The SMILES string of the molecule is N#Cc1cc(F)c(Nc2cc(F)ccc2Br)c(F)c1. The van der Waals surface area contributed by atoms with Crippen molar-refractivity contribution in [2.45, 2.75) is 0 Å². The molecule has 0 radical (unpaired) electrons. The second-order valence-corrected chi connectivity index (χ2v) is 4.53. The van der Waals surface area contributed by atoms with Crippen LogP contribution in [0.25, 0.3) is 0 Å². The molecule has 0 aliphatic carbocycles. The van der Waals surface area contributed by atoms with Gasteiger partial charge >= 0.3 is 0 Å². The first-order valence-electron chi connectivity index (χ1n) is 5.12. The van der Waals surface area contributed by atoms with Crippen LogP contribution in [0.2, 0.25) is 0 Å². The number of hydrogen-bond acceptors (Lipinski definition) is 2. The zero-order chi connectivity index (χ0) is 14.0. The minimum absolute atomic E-state index is 0.126. The first kappa shape index (κ1) is 13.4. The van der Waals surface area contributed by atoms with Gasteiger partial charge in [-0.1, -0.05) is 0 Å². The highest BCUT2D eigenvalue weighted by Gasteiger charge is 2.13. The molecular formula is C13H6BrF3N2. The number of nitriles is 1. The minimum Gasteiger partial charge on any atom is -0.350 e. The van der Waals surface area contributed by atoms with Crippen molar-refractivity contribution < 1.29 is 13.2 Å². The molecule has 0 atom stereocenters. The van der Waals surface area contributed by atoms with Gasteiger partial charge in [0.15, 0.2) is 11.6 Å². The van der Waals surface area contributed by atoms with Crippen LogP contribution in [0.15, 0.2) is 34.8 Å². The summed E-state index contributed by atoms with van der Waals surface area (Å²) in [6.07, 6.45) is 0. The molecule has 0 aromatic heterocycles. The molecule has 96 valence electrons. The van der Waals surface area contributed by atoms with E-state index in [4.69, 9.17) is 5.26 Å². The Morgan fingerprint density at radius 2 is 1.68 bits per heavy atom. The number of halogens is 4. The van der Waals surface area contributed by atoms with E-state index in [1.165, 1.54) is 12.1 Å². The van der Waals surface area contributed by atoms with E-state index in [1.807, 2.05) is 0 Å². The zero-order valence-electron chi connectivity index (χ0n) is 9.35. The number of anilines is 2. The Morgan fingerprint density at radius 1 is 1.05 bits per heavy atom. The van der Waals surface area contributed by atoms with Gasteiger partial charge in [0.25, 0.3) is 0 Å². The third-order valence-electron chi connectivity index (χ3n) is 2.36. The summed E-state index contributed by atoms with van der Waals surface area (Å²) in [5, 5.41) is 11.0. The number of rotatable bonds is 2. The largest absolute Gasteiger partial charge is 0.350 e. The fourth-order valence-corrected chi connectivity index (χ4v) is 1.83. The van der Waals surface area contributed by atoms with E-state index in [-0.39, 0.29) is 11.3 Å². The average Bonchev–Trinajstić information content (AvgIpc) is 2.37. The third kappa shape index (κ3) is 2.88. The molecule has 0 heterocycles. The summed E-state index contributed by atoms with van der Waals surface area (Å²) in [6, 6.07) is 7.17. The molecule has 0 amide bonds. The highest BCUT2D eigenvalue weighted by atomic mass is 79.9. The molecule has 2 rings (SSSR count). The van der Waals surface area contributed by atoms with Crippen LogP contribution in [0.5, 0.6) is 0 Å². The maximum atomic E-state index is 13.7. The van der Waals surface area contributed by atoms with E-state index in [1.54, 1.807) is 6.07 Å². The van der Waals surface area contributed by atoms with Crippen molar-refractivity contribution >= 4 is 27.3 Å².